The van der Waals surface area contributed by atoms with Crippen LogP contribution in [0.25, 0.3) is 0 Å². The standard InChI is InChI=1S/C11H15N5O3S/c1-3-4-9-13-14-11(20-6-10(17)18)16(9)5-8-12-7(2)19-15-8/h3-6H2,1-2H3,(H,17,18). The molecule has 0 aliphatic heterocycles. The van der Waals surface area contributed by atoms with Gasteiger partial charge in [0.25, 0.3) is 0 Å². The highest BCUT2D eigenvalue weighted by atomic mass is 32.2. The number of aryl methyl sites for hydroxylation is 2. The first-order valence-corrected chi connectivity index (χ1v) is 7.14. The SMILES string of the molecule is CCCc1nnc(SCC(=O)O)n1Cc1noc(C)n1. The van der Waals surface area contributed by atoms with E-state index in [0.717, 1.165) is 30.4 Å². The maximum atomic E-state index is 10.7. The van der Waals surface area contributed by atoms with Crippen molar-refractivity contribution >= 4 is 17.7 Å². The molecule has 0 atom stereocenters. The fraction of sp³-hybridized carbons (Fsp3) is 0.545. The first-order valence-electron chi connectivity index (χ1n) is 6.16. The molecular formula is C11H15N5O3S. The van der Waals surface area contributed by atoms with Crippen LogP contribution in [0.4, 0.5) is 0 Å². The van der Waals surface area contributed by atoms with Crippen molar-refractivity contribution in [2.75, 3.05) is 5.75 Å². The number of hydrogen-bond donors (Lipinski definition) is 1. The number of carboxylic acids is 1. The minimum atomic E-state index is -0.892. The second-order valence-corrected chi connectivity index (χ2v) is 5.09. The van der Waals surface area contributed by atoms with Crippen LogP contribution in [0, 0.1) is 6.92 Å². The number of carboxylic acid groups (broad SMARTS) is 1. The van der Waals surface area contributed by atoms with Gasteiger partial charge in [0.1, 0.15) is 5.82 Å². The number of nitrogens with zero attached hydrogens (tertiary/aromatic N) is 5. The first kappa shape index (κ1) is 14.5. The third-order valence-electron chi connectivity index (χ3n) is 2.46. The Labute approximate surface area is 119 Å². The molecule has 1 N–H and O–H groups in total. The second-order valence-electron chi connectivity index (χ2n) is 4.15. The van der Waals surface area contributed by atoms with Gasteiger partial charge in [0.15, 0.2) is 11.0 Å². The van der Waals surface area contributed by atoms with Gasteiger partial charge in [-0.1, -0.05) is 23.8 Å². The molecule has 0 spiro atoms. The summed E-state index contributed by atoms with van der Waals surface area (Å²) in [5.41, 5.74) is 0. The maximum absolute atomic E-state index is 10.7. The van der Waals surface area contributed by atoms with Crippen LogP contribution in [0.3, 0.4) is 0 Å². The monoisotopic (exact) mass is 297 g/mol. The number of hydrogen-bond acceptors (Lipinski definition) is 7. The molecule has 2 aromatic heterocycles. The smallest absolute Gasteiger partial charge is 0.313 e. The summed E-state index contributed by atoms with van der Waals surface area (Å²) < 4.78 is 6.77. The average molecular weight is 297 g/mol. The molecule has 0 amide bonds. The van der Waals surface area contributed by atoms with Crippen LogP contribution in [-0.2, 0) is 17.8 Å². The molecule has 0 radical (unpaired) electrons. The van der Waals surface area contributed by atoms with Crippen LogP contribution < -0.4 is 0 Å². The highest BCUT2D eigenvalue weighted by Gasteiger charge is 2.15. The molecule has 0 aliphatic carbocycles. The van der Waals surface area contributed by atoms with Crippen LogP contribution in [0.15, 0.2) is 9.68 Å². The molecule has 8 nitrogen and oxygen atoms in total. The number of thioether (sulfide) groups is 1. The van der Waals surface area contributed by atoms with Crippen molar-refractivity contribution in [1.29, 1.82) is 0 Å². The lowest BCUT2D eigenvalue weighted by molar-refractivity contribution is -0.133. The molecule has 0 saturated carbocycles. The number of rotatable bonds is 7. The molecule has 0 aliphatic rings. The Hall–Kier alpha value is -1.90. The van der Waals surface area contributed by atoms with Gasteiger partial charge in [-0.3, -0.25) is 9.36 Å². The molecule has 2 aromatic rings. The summed E-state index contributed by atoms with van der Waals surface area (Å²) in [6.07, 6.45) is 1.68. The lowest BCUT2D eigenvalue weighted by atomic mass is 10.3. The molecule has 108 valence electrons. The zero-order chi connectivity index (χ0) is 14.5. The van der Waals surface area contributed by atoms with Gasteiger partial charge in [-0.2, -0.15) is 4.98 Å². The molecule has 0 bridgehead atoms. The topological polar surface area (TPSA) is 107 Å². The van der Waals surface area contributed by atoms with Gasteiger partial charge in [-0.25, -0.2) is 0 Å². The van der Waals surface area contributed by atoms with Crippen LogP contribution in [-0.4, -0.2) is 41.7 Å². The van der Waals surface area contributed by atoms with E-state index in [1.165, 1.54) is 0 Å². The quantitative estimate of drug-likeness (QED) is 0.758. The molecule has 2 heterocycles. The van der Waals surface area contributed by atoms with Crippen molar-refractivity contribution < 1.29 is 14.4 Å². The van der Waals surface area contributed by atoms with Gasteiger partial charge in [0.2, 0.25) is 5.89 Å². The largest absolute Gasteiger partial charge is 0.481 e. The van der Waals surface area contributed by atoms with Crippen molar-refractivity contribution in [2.45, 2.75) is 38.4 Å². The van der Waals surface area contributed by atoms with Crippen molar-refractivity contribution in [3.05, 3.63) is 17.5 Å². The van der Waals surface area contributed by atoms with E-state index in [1.807, 2.05) is 11.5 Å². The summed E-state index contributed by atoms with van der Waals surface area (Å²) in [5.74, 6) is 0.858. The Balaban J connectivity index is 2.21. The van der Waals surface area contributed by atoms with E-state index in [0.29, 0.717) is 23.4 Å². The Bertz CT molecular complexity index is 595. The zero-order valence-corrected chi connectivity index (χ0v) is 12.1. The minimum Gasteiger partial charge on any atom is -0.481 e. The fourth-order valence-electron chi connectivity index (χ4n) is 1.67. The van der Waals surface area contributed by atoms with E-state index in [9.17, 15) is 4.79 Å². The normalized spacial score (nSPS) is 10.9. The van der Waals surface area contributed by atoms with Crippen LogP contribution in [0.1, 0.15) is 30.9 Å². The van der Waals surface area contributed by atoms with E-state index in [2.05, 4.69) is 20.3 Å². The van der Waals surface area contributed by atoms with Crippen LogP contribution >= 0.6 is 11.8 Å². The van der Waals surface area contributed by atoms with Gasteiger partial charge >= 0.3 is 5.97 Å². The summed E-state index contributed by atoms with van der Waals surface area (Å²) in [4.78, 5) is 14.8. The van der Waals surface area contributed by atoms with Gasteiger partial charge in [-0.15, -0.1) is 10.2 Å². The summed E-state index contributed by atoms with van der Waals surface area (Å²) in [5, 5.41) is 21.3. The van der Waals surface area contributed by atoms with Gasteiger partial charge in [0.05, 0.1) is 12.3 Å². The van der Waals surface area contributed by atoms with E-state index in [4.69, 9.17) is 9.63 Å². The lowest BCUT2D eigenvalue weighted by Gasteiger charge is -2.06. The maximum Gasteiger partial charge on any atom is 0.313 e. The zero-order valence-electron chi connectivity index (χ0n) is 11.2. The molecule has 0 saturated heterocycles. The Morgan fingerprint density at radius 1 is 1.45 bits per heavy atom. The third kappa shape index (κ3) is 3.56. The highest BCUT2D eigenvalue weighted by Crippen LogP contribution is 2.18. The van der Waals surface area contributed by atoms with Gasteiger partial charge < -0.3 is 9.63 Å². The predicted octanol–water partition coefficient (Wildman–Crippen LogP) is 1.15. The van der Waals surface area contributed by atoms with Crippen molar-refractivity contribution in [2.24, 2.45) is 0 Å². The highest BCUT2D eigenvalue weighted by molar-refractivity contribution is 7.99. The van der Waals surface area contributed by atoms with Gasteiger partial charge in [0, 0.05) is 13.3 Å². The minimum absolute atomic E-state index is 0.0600. The molecule has 0 unspecified atom stereocenters. The summed E-state index contributed by atoms with van der Waals surface area (Å²) in [6, 6.07) is 0. The average Bonchev–Trinajstić information content (AvgIpc) is 2.96. The number of aliphatic carboxylic acids is 1. The molecular weight excluding hydrogens is 282 g/mol. The van der Waals surface area contributed by atoms with Crippen molar-refractivity contribution in [3.8, 4) is 0 Å². The van der Waals surface area contributed by atoms with E-state index in [-0.39, 0.29) is 5.75 Å². The molecule has 0 aromatic carbocycles. The van der Waals surface area contributed by atoms with E-state index >= 15 is 0 Å². The number of aromatic nitrogens is 5. The molecule has 2 rings (SSSR count). The van der Waals surface area contributed by atoms with E-state index < -0.39 is 5.97 Å². The molecule has 0 fully saturated rings. The fourth-order valence-corrected chi connectivity index (χ4v) is 2.34. The Morgan fingerprint density at radius 3 is 2.85 bits per heavy atom. The summed E-state index contributed by atoms with van der Waals surface area (Å²) in [6.45, 7) is 4.14. The molecule has 20 heavy (non-hydrogen) atoms. The summed E-state index contributed by atoms with van der Waals surface area (Å²) >= 11 is 1.13. The lowest BCUT2D eigenvalue weighted by Crippen LogP contribution is -2.09. The van der Waals surface area contributed by atoms with Crippen LogP contribution in [0.5, 0.6) is 0 Å². The molecule has 9 heteroatoms. The van der Waals surface area contributed by atoms with Gasteiger partial charge in [-0.05, 0) is 6.42 Å². The van der Waals surface area contributed by atoms with Crippen LogP contribution in [0.2, 0.25) is 0 Å². The summed E-state index contributed by atoms with van der Waals surface area (Å²) in [7, 11) is 0. The predicted molar refractivity (Wildman–Crippen MR) is 70.5 cm³/mol. The first-order chi connectivity index (χ1) is 9.60. The Kier molecular flexibility index (Phi) is 4.72. The Morgan fingerprint density at radius 2 is 2.25 bits per heavy atom. The van der Waals surface area contributed by atoms with Crippen molar-refractivity contribution in [3.63, 3.8) is 0 Å². The van der Waals surface area contributed by atoms with Crippen molar-refractivity contribution in [1.82, 2.24) is 24.9 Å². The third-order valence-corrected chi connectivity index (χ3v) is 3.41. The number of carbonyl (C=O) groups is 1. The second kappa shape index (κ2) is 6.51. The van der Waals surface area contributed by atoms with E-state index in [1.54, 1.807) is 6.92 Å².